The molecular formula is C37H39ClFN3O5S. The van der Waals surface area contributed by atoms with Crippen LogP contribution in [-0.2, 0) is 32.6 Å². The minimum Gasteiger partial charge on any atom is -0.494 e. The first-order valence-corrected chi connectivity index (χ1v) is 17.8. The quantitative estimate of drug-likeness (QED) is 0.158. The third-order valence-electron chi connectivity index (χ3n) is 8.33. The molecule has 0 spiro atoms. The Hall–Kier alpha value is -4.41. The van der Waals surface area contributed by atoms with E-state index in [-0.39, 0.29) is 35.5 Å². The predicted molar refractivity (Wildman–Crippen MR) is 185 cm³/mol. The fourth-order valence-corrected chi connectivity index (χ4v) is 7.52. The summed E-state index contributed by atoms with van der Waals surface area (Å²) in [5, 5.41) is 3.61. The number of ether oxygens (including phenoxy) is 1. The first-order valence-electron chi connectivity index (χ1n) is 16.0. The van der Waals surface area contributed by atoms with E-state index >= 15 is 0 Å². The third kappa shape index (κ3) is 8.93. The molecule has 0 unspecified atom stereocenters. The topological polar surface area (TPSA) is 96.0 Å². The Bertz CT molecular complexity index is 1780. The lowest BCUT2D eigenvalue weighted by atomic mass is 10.0. The second-order valence-electron chi connectivity index (χ2n) is 11.7. The van der Waals surface area contributed by atoms with Crippen molar-refractivity contribution in [2.45, 2.75) is 62.6 Å². The van der Waals surface area contributed by atoms with Gasteiger partial charge in [0, 0.05) is 24.0 Å². The number of nitrogens with zero attached hydrogens (tertiary/aromatic N) is 2. The van der Waals surface area contributed by atoms with Gasteiger partial charge in [0.1, 0.15) is 24.2 Å². The van der Waals surface area contributed by atoms with Crippen LogP contribution in [0.5, 0.6) is 5.75 Å². The fraction of sp³-hybridized carbons (Fsp3) is 0.297. The van der Waals surface area contributed by atoms with Gasteiger partial charge in [0.15, 0.2) is 0 Å². The van der Waals surface area contributed by atoms with E-state index in [0.717, 1.165) is 47.7 Å². The summed E-state index contributed by atoms with van der Waals surface area (Å²) in [4.78, 5) is 30.0. The van der Waals surface area contributed by atoms with Gasteiger partial charge in [-0.15, -0.1) is 0 Å². The average molecular weight is 692 g/mol. The van der Waals surface area contributed by atoms with E-state index < -0.39 is 34.3 Å². The number of halogens is 2. The third-order valence-corrected chi connectivity index (χ3v) is 10.4. The molecule has 252 valence electrons. The number of hydrogen-bond donors (Lipinski definition) is 1. The van der Waals surface area contributed by atoms with Crippen molar-refractivity contribution >= 4 is 39.1 Å². The molecular weight excluding hydrogens is 653 g/mol. The Morgan fingerprint density at radius 1 is 0.917 bits per heavy atom. The molecule has 1 aliphatic rings. The van der Waals surface area contributed by atoms with E-state index in [2.05, 4.69) is 5.32 Å². The van der Waals surface area contributed by atoms with Crippen LogP contribution in [0.15, 0.2) is 108 Å². The number of hydrogen-bond acceptors (Lipinski definition) is 5. The molecule has 1 N–H and O–H groups in total. The minimum absolute atomic E-state index is 0.00462. The van der Waals surface area contributed by atoms with Gasteiger partial charge in [0.25, 0.3) is 10.0 Å². The maximum Gasteiger partial charge on any atom is 0.264 e. The Balaban J connectivity index is 1.55. The molecule has 2 amide bonds. The Labute approximate surface area is 286 Å². The van der Waals surface area contributed by atoms with Crippen LogP contribution in [-0.4, -0.2) is 50.4 Å². The monoisotopic (exact) mass is 691 g/mol. The Morgan fingerprint density at radius 3 is 2.23 bits per heavy atom. The van der Waals surface area contributed by atoms with E-state index in [1.165, 1.54) is 41.3 Å². The molecule has 0 saturated heterocycles. The second-order valence-corrected chi connectivity index (χ2v) is 14.0. The number of carbonyl (C=O) groups excluding carboxylic acids is 2. The molecule has 0 aromatic heterocycles. The number of carbonyl (C=O) groups is 2. The molecule has 1 aliphatic carbocycles. The van der Waals surface area contributed by atoms with Crippen molar-refractivity contribution in [2.24, 2.45) is 0 Å². The van der Waals surface area contributed by atoms with Crippen molar-refractivity contribution < 1.29 is 27.1 Å². The van der Waals surface area contributed by atoms with E-state index in [9.17, 15) is 22.4 Å². The lowest BCUT2D eigenvalue weighted by Crippen LogP contribution is -2.54. The zero-order chi connectivity index (χ0) is 34.1. The molecule has 5 rings (SSSR count). The Kier molecular flexibility index (Phi) is 11.7. The zero-order valence-corrected chi connectivity index (χ0v) is 28.3. The van der Waals surface area contributed by atoms with Crippen LogP contribution >= 0.6 is 11.6 Å². The summed E-state index contributed by atoms with van der Waals surface area (Å²) in [5.74, 6) is -0.997. The molecule has 48 heavy (non-hydrogen) atoms. The molecule has 1 saturated carbocycles. The molecule has 0 aliphatic heterocycles. The fourth-order valence-electron chi connectivity index (χ4n) is 5.89. The van der Waals surface area contributed by atoms with E-state index in [4.69, 9.17) is 16.3 Å². The molecule has 0 bridgehead atoms. The van der Waals surface area contributed by atoms with Crippen molar-refractivity contribution in [2.75, 3.05) is 17.5 Å². The van der Waals surface area contributed by atoms with Gasteiger partial charge in [-0.25, -0.2) is 12.8 Å². The van der Waals surface area contributed by atoms with E-state index in [0.29, 0.717) is 22.9 Å². The van der Waals surface area contributed by atoms with Gasteiger partial charge in [-0.05, 0) is 91.6 Å². The number of benzene rings is 4. The first-order chi connectivity index (χ1) is 23.1. The van der Waals surface area contributed by atoms with Crippen LogP contribution in [0.4, 0.5) is 10.1 Å². The lowest BCUT2D eigenvalue weighted by Gasteiger charge is -2.34. The van der Waals surface area contributed by atoms with E-state index in [1.54, 1.807) is 24.3 Å². The van der Waals surface area contributed by atoms with Gasteiger partial charge >= 0.3 is 0 Å². The van der Waals surface area contributed by atoms with Crippen molar-refractivity contribution in [3.63, 3.8) is 0 Å². The summed E-state index contributed by atoms with van der Waals surface area (Å²) in [6.45, 7) is 1.57. The molecule has 1 atom stereocenters. The number of nitrogens with one attached hydrogen (secondary N) is 1. The normalized spacial score (nSPS) is 13.9. The summed E-state index contributed by atoms with van der Waals surface area (Å²) < 4.78 is 48.8. The first kappa shape index (κ1) is 34.9. The van der Waals surface area contributed by atoms with Crippen LogP contribution in [0, 0.1) is 5.82 Å². The summed E-state index contributed by atoms with van der Waals surface area (Å²) >= 11 is 6.32. The molecule has 8 nitrogen and oxygen atoms in total. The summed E-state index contributed by atoms with van der Waals surface area (Å²) in [5.41, 5.74) is 1.60. The van der Waals surface area contributed by atoms with Crippen LogP contribution in [0.2, 0.25) is 5.02 Å². The highest BCUT2D eigenvalue weighted by atomic mass is 35.5. The molecule has 0 heterocycles. The van der Waals surface area contributed by atoms with Crippen molar-refractivity contribution in [3.8, 4) is 5.75 Å². The van der Waals surface area contributed by atoms with Gasteiger partial charge in [0.2, 0.25) is 11.8 Å². The molecule has 11 heteroatoms. The number of anilines is 1. The smallest absolute Gasteiger partial charge is 0.264 e. The highest BCUT2D eigenvalue weighted by Gasteiger charge is 2.35. The van der Waals surface area contributed by atoms with Gasteiger partial charge in [-0.3, -0.25) is 13.9 Å². The number of amides is 2. The SMILES string of the molecule is CCOc1ccc(S(=O)(=O)N(CC(=O)N(Cc2cccc(Cl)c2)[C@H](Cc2ccccc2)C(=O)NC2CCCC2)c2ccc(F)cc2)cc1. The largest absolute Gasteiger partial charge is 0.494 e. The predicted octanol–water partition coefficient (Wildman–Crippen LogP) is 6.77. The van der Waals surface area contributed by atoms with Crippen LogP contribution in [0.3, 0.4) is 0 Å². The molecule has 1 fully saturated rings. The highest BCUT2D eigenvalue weighted by molar-refractivity contribution is 7.92. The van der Waals surface area contributed by atoms with Gasteiger partial charge in [-0.1, -0.05) is 66.9 Å². The summed E-state index contributed by atoms with van der Waals surface area (Å²) in [6, 6.07) is 26.2. The van der Waals surface area contributed by atoms with Crippen molar-refractivity contribution in [3.05, 3.63) is 125 Å². The van der Waals surface area contributed by atoms with Crippen LogP contribution in [0.1, 0.15) is 43.7 Å². The molecule has 4 aromatic rings. The zero-order valence-electron chi connectivity index (χ0n) is 26.7. The summed E-state index contributed by atoms with van der Waals surface area (Å²) in [6.07, 6.45) is 3.92. The molecule has 4 aromatic carbocycles. The molecule has 0 radical (unpaired) electrons. The van der Waals surface area contributed by atoms with Crippen molar-refractivity contribution in [1.82, 2.24) is 10.2 Å². The van der Waals surface area contributed by atoms with Gasteiger partial charge in [-0.2, -0.15) is 0 Å². The van der Waals surface area contributed by atoms with Gasteiger partial charge in [0.05, 0.1) is 17.2 Å². The summed E-state index contributed by atoms with van der Waals surface area (Å²) in [7, 11) is -4.34. The highest BCUT2D eigenvalue weighted by Crippen LogP contribution is 2.27. The minimum atomic E-state index is -4.34. The Morgan fingerprint density at radius 2 is 1.58 bits per heavy atom. The lowest BCUT2D eigenvalue weighted by molar-refractivity contribution is -0.140. The van der Waals surface area contributed by atoms with Crippen molar-refractivity contribution in [1.29, 1.82) is 0 Å². The van der Waals surface area contributed by atoms with E-state index in [1.807, 2.05) is 37.3 Å². The second kappa shape index (κ2) is 16.1. The number of sulfonamides is 1. The average Bonchev–Trinajstić information content (AvgIpc) is 3.59. The van der Waals surface area contributed by atoms with Crippen LogP contribution in [0.25, 0.3) is 0 Å². The van der Waals surface area contributed by atoms with Crippen LogP contribution < -0.4 is 14.4 Å². The maximum absolute atomic E-state index is 14.6. The van der Waals surface area contributed by atoms with Gasteiger partial charge < -0.3 is 15.0 Å². The standard InChI is InChI=1S/C37H39ClFN3O5S/c1-2-47-33-19-21-34(22-20-33)48(45,46)42(32-17-15-30(39)16-18-32)26-36(43)41(25-28-11-8-12-29(38)23-28)35(24-27-9-4-3-5-10-27)37(44)40-31-13-6-7-14-31/h3-5,8-12,15-23,31,35H,2,6-7,13-14,24-26H2,1H3,(H,40,44)/t35-/m1/s1. The number of rotatable bonds is 14. The maximum atomic E-state index is 14.6.